The molecule has 0 bridgehead atoms. The molecule has 0 heteroatoms. The maximum absolute atomic E-state index is 4.00. The second-order valence-corrected chi connectivity index (χ2v) is 3.60. The van der Waals surface area contributed by atoms with E-state index in [1.807, 2.05) is 0 Å². The molecule has 0 nitrogen and oxygen atoms in total. The van der Waals surface area contributed by atoms with E-state index in [0.717, 1.165) is 0 Å². The van der Waals surface area contributed by atoms with Gasteiger partial charge in [-0.05, 0) is 51.2 Å². The molecule has 1 aliphatic carbocycles. The Hall–Kier alpha value is -0.780. The Kier molecular flexibility index (Phi) is 2.91. The van der Waals surface area contributed by atoms with Crippen LogP contribution >= 0.6 is 0 Å². The Morgan fingerprint density at radius 2 is 2.08 bits per heavy atom. The van der Waals surface area contributed by atoms with Crippen LogP contribution in [-0.4, -0.2) is 0 Å². The van der Waals surface area contributed by atoms with Crippen molar-refractivity contribution in [2.75, 3.05) is 0 Å². The second kappa shape index (κ2) is 3.75. The monoisotopic (exact) mass is 162 g/mol. The normalized spacial score (nSPS) is 18.8. The quantitative estimate of drug-likeness (QED) is 0.538. The molecule has 66 valence electrons. The molecule has 0 aliphatic heterocycles. The van der Waals surface area contributed by atoms with E-state index in [4.69, 9.17) is 0 Å². The lowest BCUT2D eigenvalue weighted by Crippen LogP contribution is -1.89. The first-order valence-corrected chi connectivity index (χ1v) is 4.68. The van der Waals surface area contributed by atoms with Crippen LogP contribution in [0.1, 0.15) is 40.0 Å². The highest BCUT2D eigenvalue weighted by atomic mass is 14.2. The van der Waals surface area contributed by atoms with Gasteiger partial charge >= 0.3 is 0 Å². The van der Waals surface area contributed by atoms with Gasteiger partial charge in [0.2, 0.25) is 0 Å². The van der Waals surface area contributed by atoms with Crippen molar-refractivity contribution in [1.29, 1.82) is 0 Å². The summed E-state index contributed by atoms with van der Waals surface area (Å²) in [4.78, 5) is 0. The topological polar surface area (TPSA) is 0 Å². The van der Waals surface area contributed by atoms with Crippen LogP contribution in [0.2, 0.25) is 0 Å². The standard InChI is InChI=1S/C12H18/c1-5-11(9(2)3)12-8-6-7-10(12)4/h5H,2,6-8H2,1,3-4H3/b11-5-. The first-order valence-electron chi connectivity index (χ1n) is 4.68. The summed E-state index contributed by atoms with van der Waals surface area (Å²) in [7, 11) is 0. The Morgan fingerprint density at radius 3 is 2.42 bits per heavy atom. The maximum Gasteiger partial charge on any atom is -0.0244 e. The zero-order valence-corrected chi connectivity index (χ0v) is 8.41. The van der Waals surface area contributed by atoms with Gasteiger partial charge < -0.3 is 0 Å². The zero-order chi connectivity index (χ0) is 9.14. The van der Waals surface area contributed by atoms with Gasteiger partial charge in [-0.3, -0.25) is 0 Å². The lowest BCUT2D eigenvalue weighted by molar-refractivity contribution is 0.895. The third-order valence-electron chi connectivity index (χ3n) is 2.57. The number of rotatable bonds is 2. The van der Waals surface area contributed by atoms with Crippen LogP contribution in [0.25, 0.3) is 0 Å². The highest BCUT2D eigenvalue weighted by Crippen LogP contribution is 2.33. The third-order valence-corrected chi connectivity index (χ3v) is 2.57. The largest absolute Gasteiger partial charge is 0.0955 e. The molecule has 0 saturated carbocycles. The van der Waals surface area contributed by atoms with Crippen LogP contribution in [0.4, 0.5) is 0 Å². The molecule has 0 aromatic heterocycles. The van der Waals surface area contributed by atoms with E-state index < -0.39 is 0 Å². The van der Waals surface area contributed by atoms with E-state index >= 15 is 0 Å². The molecule has 0 unspecified atom stereocenters. The van der Waals surface area contributed by atoms with Crippen molar-refractivity contribution in [2.24, 2.45) is 0 Å². The van der Waals surface area contributed by atoms with Crippen molar-refractivity contribution in [3.63, 3.8) is 0 Å². The lowest BCUT2D eigenvalue weighted by Gasteiger charge is -2.08. The van der Waals surface area contributed by atoms with Crippen LogP contribution in [0.3, 0.4) is 0 Å². The summed E-state index contributed by atoms with van der Waals surface area (Å²) in [6, 6.07) is 0. The average molecular weight is 162 g/mol. The van der Waals surface area contributed by atoms with E-state index in [1.54, 1.807) is 11.1 Å². The summed E-state index contributed by atoms with van der Waals surface area (Å²) in [5.41, 5.74) is 5.69. The SMILES string of the molecule is C=C(C)/C(=C/C)C1=C(C)CCC1. The fraction of sp³-hybridized carbons (Fsp3) is 0.500. The lowest BCUT2D eigenvalue weighted by atomic mass is 9.97. The molecular formula is C12H18. The molecule has 0 aromatic carbocycles. The zero-order valence-electron chi connectivity index (χ0n) is 8.41. The maximum atomic E-state index is 4.00. The minimum Gasteiger partial charge on any atom is -0.0955 e. The summed E-state index contributed by atoms with van der Waals surface area (Å²) in [5.74, 6) is 0. The highest BCUT2D eigenvalue weighted by Gasteiger charge is 2.14. The minimum atomic E-state index is 1.20. The molecule has 0 heterocycles. The van der Waals surface area contributed by atoms with E-state index in [-0.39, 0.29) is 0 Å². The number of allylic oxidation sites excluding steroid dienone is 5. The molecule has 0 N–H and O–H groups in total. The first-order chi connectivity index (χ1) is 5.66. The van der Waals surface area contributed by atoms with E-state index in [0.29, 0.717) is 0 Å². The molecule has 1 aliphatic rings. The minimum absolute atomic E-state index is 1.20. The third kappa shape index (κ3) is 1.69. The summed E-state index contributed by atoms with van der Waals surface area (Å²) in [6.45, 7) is 10.4. The summed E-state index contributed by atoms with van der Waals surface area (Å²) >= 11 is 0. The Balaban J connectivity index is 2.95. The molecule has 12 heavy (non-hydrogen) atoms. The van der Waals surface area contributed by atoms with Crippen LogP contribution in [0, 0.1) is 0 Å². The Morgan fingerprint density at radius 1 is 1.42 bits per heavy atom. The van der Waals surface area contributed by atoms with Crippen LogP contribution in [0.15, 0.2) is 34.9 Å². The van der Waals surface area contributed by atoms with Crippen LogP contribution < -0.4 is 0 Å². The molecule has 1 rings (SSSR count). The predicted octanol–water partition coefficient (Wildman–Crippen LogP) is 4.01. The predicted molar refractivity (Wildman–Crippen MR) is 55.1 cm³/mol. The Bertz CT molecular complexity index is 251. The van der Waals surface area contributed by atoms with Crippen molar-refractivity contribution in [2.45, 2.75) is 40.0 Å². The summed E-state index contributed by atoms with van der Waals surface area (Å²) in [5, 5.41) is 0. The fourth-order valence-corrected chi connectivity index (χ4v) is 1.94. The smallest absolute Gasteiger partial charge is 0.0244 e. The van der Waals surface area contributed by atoms with Crippen LogP contribution in [-0.2, 0) is 0 Å². The molecule has 0 fully saturated rings. The second-order valence-electron chi connectivity index (χ2n) is 3.60. The van der Waals surface area contributed by atoms with Gasteiger partial charge in [0, 0.05) is 0 Å². The van der Waals surface area contributed by atoms with Crippen molar-refractivity contribution in [3.8, 4) is 0 Å². The molecule has 0 radical (unpaired) electrons. The number of hydrogen-bond donors (Lipinski definition) is 0. The molecular weight excluding hydrogens is 144 g/mol. The van der Waals surface area contributed by atoms with Gasteiger partial charge in [-0.25, -0.2) is 0 Å². The fourth-order valence-electron chi connectivity index (χ4n) is 1.94. The van der Waals surface area contributed by atoms with E-state index in [2.05, 4.69) is 33.4 Å². The van der Waals surface area contributed by atoms with Gasteiger partial charge in [0.1, 0.15) is 0 Å². The van der Waals surface area contributed by atoms with E-state index in [9.17, 15) is 0 Å². The van der Waals surface area contributed by atoms with Gasteiger partial charge in [-0.1, -0.05) is 23.8 Å². The van der Waals surface area contributed by atoms with Crippen LogP contribution in [0.5, 0.6) is 0 Å². The van der Waals surface area contributed by atoms with Crippen molar-refractivity contribution < 1.29 is 0 Å². The highest BCUT2D eigenvalue weighted by molar-refractivity contribution is 5.47. The molecule has 0 amide bonds. The molecule has 0 atom stereocenters. The van der Waals surface area contributed by atoms with Gasteiger partial charge in [-0.2, -0.15) is 0 Å². The van der Waals surface area contributed by atoms with Crippen molar-refractivity contribution in [1.82, 2.24) is 0 Å². The summed E-state index contributed by atoms with van der Waals surface area (Å²) in [6.07, 6.45) is 6.04. The Labute approximate surface area is 75.7 Å². The number of hydrogen-bond acceptors (Lipinski definition) is 0. The van der Waals surface area contributed by atoms with E-state index in [1.165, 1.54) is 30.4 Å². The van der Waals surface area contributed by atoms with Crippen molar-refractivity contribution >= 4 is 0 Å². The van der Waals surface area contributed by atoms with Gasteiger partial charge in [0.05, 0.1) is 0 Å². The average Bonchev–Trinajstić information content (AvgIpc) is 2.38. The van der Waals surface area contributed by atoms with Gasteiger partial charge in [-0.15, -0.1) is 0 Å². The molecule has 0 saturated heterocycles. The molecule has 0 spiro atoms. The molecule has 0 aromatic rings. The van der Waals surface area contributed by atoms with Crippen molar-refractivity contribution in [3.05, 3.63) is 34.9 Å². The summed E-state index contributed by atoms with van der Waals surface area (Å²) < 4.78 is 0. The van der Waals surface area contributed by atoms with Gasteiger partial charge in [0.25, 0.3) is 0 Å². The first kappa shape index (κ1) is 9.31. The van der Waals surface area contributed by atoms with Gasteiger partial charge in [0.15, 0.2) is 0 Å².